The third-order valence-corrected chi connectivity index (χ3v) is 4.22. The summed E-state index contributed by atoms with van der Waals surface area (Å²) in [6.07, 6.45) is 2.32. The number of hydrogen-bond donors (Lipinski definition) is 2. The lowest BCUT2D eigenvalue weighted by molar-refractivity contribution is -0.930. The molecular formula is C18H21N2O4+. The number of likely N-dealkylation sites (N-methyl/N-ethyl adjacent to an activating group) is 1. The summed E-state index contributed by atoms with van der Waals surface area (Å²) in [6, 6.07) is 9.90. The van der Waals surface area contributed by atoms with Gasteiger partial charge in [-0.2, -0.15) is 0 Å². The molecule has 1 unspecified atom stereocenters. The molecule has 0 saturated carbocycles. The second-order valence-corrected chi connectivity index (χ2v) is 5.91. The van der Waals surface area contributed by atoms with Crippen LogP contribution >= 0.6 is 0 Å². The van der Waals surface area contributed by atoms with Crippen LogP contribution in [0.15, 0.2) is 45.8 Å². The SMILES string of the molecule is CNC(=O)COc1coc(C[NH+]2CCc3ccccc3C2)cc1=O. The molecule has 0 saturated heterocycles. The first-order chi connectivity index (χ1) is 11.7. The highest BCUT2D eigenvalue weighted by Gasteiger charge is 2.20. The second-order valence-electron chi connectivity index (χ2n) is 5.91. The van der Waals surface area contributed by atoms with Crippen LogP contribution in [0.4, 0.5) is 0 Å². The van der Waals surface area contributed by atoms with Crippen LogP contribution in [0, 0.1) is 0 Å². The lowest BCUT2D eigenvalue weighted by Gasteiger charge is -2.25. The molecule has 0 spiro atoms. The number of ether oxygens (including phenoxy) is 1. The van der Waals surface area contributed by atoms with Gasteiger partial charge in [-0.25, -0.2) is 0 Å². The predicted octanol–water partition coefficient (Wildman–Crippen LogP) is -0.0942. The Kier molecular flexibility index (Phi) is 4.96. The summed E-state index contributed by atoms with van der Waals surface area (Å²) >= 11 is 0. The van der Waals surface area contributed by atoms with E-state index < -0.39 is 0 Å². The van der Waals surface area contributed by atoms with E-state index in [0.29, 0.717) is 12.3 Å². The van der Waals surface area contributed by atoms with E-state index in [4.69, 9.17) is 9.15 Å². The maximum Gasteiger partial charge on any atom is 0.257 e. The molecule has 1 aliphatic rings. The first kappa shape index (κ1) is 16.3. The quantitative estimate of drug-likeness (QED) is 0.804. The molecule has 1 aliphatic heterocycles. The number of rotatable bonds is 5. The third-order valence-electron chi connectivity index (χ3n) is 4.22. The largest absolute Gasteiger partial charge is 0.477 e. The fourth-order valence-electron chi connectivity index (χ4n) is 2.89. The minimum Gasteiger partial charge on any atom is -0.477 e. The molecule has 1 amide bonds. The van der Waals surface area contributed by atoms with E-state index in [1.54, 1.807) is 0 Å². The minimum atomic E-state index is -0.296. The van der Waals surface area contributed by atoms with Crippen LogP contribution in [-0.2, 0) is 24.3 Å². The molecule has 0 radical (unpaired) electrons. The highest BCUT2D eigenvalue weighted by molar-refractivity contribution is 5.77. The fraction of sp³-hybridized carbons (Fsp3) is 0.333. The maximum atomic E-state index is 12.1. The number of carbonyl (C=O) groups excluding carboxylic acids is 1. The number of quaternary nitrogens is 1. The van der Waals surface area contributed by atoms with Crippen molar-refractivity contribution >= 4 is 5.91 Å². The zero-order valence-electron chi connectivity index (χ0n) is 13.6. The van der Waals surface area contributed by atoms with Crippen LogP contribution in [0.1, 0.15) is 16.9 Å². The van der Waals surface area contributed by atoms with E-state index in [1.807, 2.05) is 0 Å². The molecule has 6 nitrogen and oxygen atoms in total. The summed E-state index contributed by atoms with van der Waals surface area (Å²) in [5.41, 5.74) is 2.49. The molecule has 2 N–H and O–H groups in total. The van der Waals surface area contributed by atoms with Crippen molar-refractivity contribution in [1.29, 1.82) is 0 Å². The Balaban J connectivity index is 1.63. The minimum absolute atomic E-state index is 0.0568. The summed E-state index contributed by atoms with van der Waals surface area (Å²) in [6.45, 7) is 2.39. The number of fused-ring (bicyclic) bond motifs is 1. The first-order valence-corrected chi connectivity index (χ1v) is 8.01. The van der Waals surface area contributed by atoms with Gasteiger partial charge in [0.25, 0.3) is 5.91 Å². The highest BCUT2D eigenvalue weighted by Crippen LogP contribution is 2.11. The van der Waals surface area contributed by atoms with Gasteiger partial charge in [-0.05, 0) is 5.56 Å². The van der Waals surface area contributed by atoms with Gasteiger partial charge in [-0.3, -0.25) is 9.59 Å². The van der Waals surface area contributed by atoms with Crippen molar-refractivity contribution in [3.05, 3.63) is 63.7 Å². The van der Waals surface area contributed by atoms with Gasteiger partial charge >= 0.3 is 0 Å². The molecular weight excluding hydrogens is 308 g/mol. The number of hydrogen-bond acceptors (Lipinski definition) is 4. The fourth-order valence-corrected chi connectivity index (χ4v) is 2.89. The van der Waals surface area contributed by atoms with Crippen molar-refractivity contribution in [1.82, 2.24) is 5.32 Å². The summed E-state index contributed by atoms with van der Waals surface area (Å²) in [4.78, 5) is 24.6. The molecule has 3 rings (SSSR count). The predicted molar refractivity (Wildman–Crippen MR) is 87.9 cm³/mol. The molecule has 0 fully saturated rings. The van der Waals surface area contributed by atoms with E-state index in [-0.39, 0.29) is 23.7 Å². The van der Waals surface area contributed by atoms with Gasteiger partial charge in [0.15, 0.2) is 12.4 Å². The van der Waals surface area contributed by atoms with Crippen molar-refractivity contribution in [2.75, 3.05) is 20.2 Å². The Hall–Kier alpha value is -2.60. The molecule has 0 bridgehead atoms. The Morgan fingerprint density at radius 2 is 2.12 bits per heavy atom. The molecule has 126 valence electrons. The zero-order valence-corrected chi connectivity index (χ0v) is 13.6. The van der Waals surface area contributed by atoms with Crippen LogP contribution < -0.4 is 20.4 Å². The Labute approximate surface area is 140 Å². The molecule has 6 heteroatoms. The topological polar surface area (TPSA) is 73.0 Å². The number of carbonyl (C=O) groups is 1. The van der Waals surface area contributed by atoms with Gasteiger partial charge in [-0.15, -0.1) is 0 Å². The zero-order chi connectivity index (χ0) is 16.9. The van der Waals surface area contributed by atoms with E-state index in [2.05, 4.69) is 29.6 Å². The highest BCUT2D eigenvalue weighted by atomic mass is 16.5. The summed E-state index contributed by atoms with van der Waals surface area (Å²) in [5.74, 6) is 0.387. The maximum absolute atomic E-state index is 12.1. The van der Waals surface area contributed by atoms with E-state index in [9.17, 15) is 9.59 Å². The summed E-state index contributed by atoms with van der Waals surface area (Å²) in [7, 11) is 1.51. The molecule has 2 heterocycles. The van der Waals surface area contributed by atoms with Crippen molar-refractivity contribution in [2.45, 2.75) is 19.5 Å². The lowest BCUT2D eigenvalue weighted by Crippen LogP contribution is -3.10. The van der Waals surface area contributed by atoms with Gasteiger partial charge in [-0.1, -0.05) is 24.3 Å². The van der Waals surface area contributed by atoms with Gasteiger partial charge in [0.05, 0.1) is 6.54 Å². The van der Waals surface area contributed by atoms with Crippen molar-refractivity contribution in [3.63, 3.8) is 0 Å². The molecule has 1 aromatic heterocycles. The number of benzene rings is 1. The average molecular weight is 329 g/mol. The molecule has 24 heavy (non-hydrogen) atoms. The van der Waals surface area contributed by atoms with Crippen LogP contribution in [-0.4, -0.2) is 26.1 Å². The second kappa shape index (κ2) is 7.31. The lowest BCUT2D eigenvalue weighted by atomic mass is 10.00. The number of amides is 1. The Morgan fingerprint density at radius 1 is 1.33 bits per heavy atom. The average Bonchev–Trinajstić information content (AvgIpc) is 2.60. The molecule has 1 atom stereocenters. The Bertz CT molecular complexity index is 785. The monoisotopic (exact) mass is 329 g/mol. The van der Waals surface area contributed by atoms with E-state index >= 15 is 0 Å². The molecule has 2 aromatic rings. The van der Waals surface area contributed by atoms with Gasteiger partial charge in [0, 0.05) is 25.1 Å². The van der Waals surface area contributed by atoms with Crippen LogP contribution in [0.5, 0.6) is 5.75 Å². The van der Waals surface area contributed by atoms with Crippen LogP contribution in [0.3, 0.4) is 0 Å². The van der Waals surface area contributed by atoms with Gasteiger partial charge in [0.1, 0.15) is 19.4 Å². The standard InChI is InChI=1S/C18H20N2O4/c1-19-18(22)12-24-17-11-23-15(8-16(17)21)10-20-7-6-13-4-2-3-5-14(13)9-20/h2-5,8,11H,6-7,9-10,12H2,1H3,(H,19,22)/p+1. The normalized spacial score (nSPS) is 16.3. The summed E-state index contributed by atoms with van der Waals surface area (Å²) < 4.78 is 10.7. The van der Waals surface area contributed by atoms with Crippen molar-refractivity contribution in [2.24, 2.45) is 0 Å². The van der Waals surface area contributed by atoms with Gasteiger partial charge in [0.2, 0.25) is 11.2 Å². The van der Waals surface area contributed by atoms with Crippen LogP contribution in [0.25, 0.3) is 0 Å². The molecule has 0 aliphatic carbocycles. The number of nitrogens with one attached hydrogen (secondary N) is 2. The first-order valence-electron chi connectivity index (χ1n) is 8.01. The van der Waals surface area contributed by atoms with Crippen molar-refractivity contribution in [3.8, 4) is 5.75 Å². The van der Waals surface area contributed by atoms with Gasteiger partial charge < -0.3 is 19.4 Å². The Morgan fingerprint density at radius 3 is 2.88 bits per heavy atom. The smallest absolute Gasteiger partial charge is 0.257 e. The van der Waals surface area contributed by atoms with E-state index in [1.165, 1.54) is 35.4 Å². The molecule has 1 aromatic carbocycles. The summed E-state index contributed by atoms with van der Waals surface area (Å²) in [5, 5.41) is 2.43. The van der Waals surface area contributed by atoms with E-state index in [0.717, 1.165) is 19.5 Å². The van der Waals surface area contributed by atoms with Crippen molar-refractivity contribution < 1.29 is 18.8 Å². The third kappa shape index (κ3) is 3.83. The van der Waals surface area contributed by atoms with Crippen LogP contribution in [0.2, 0.25) is 0 Å².